The SMILES string of the molecule is CC1C(n2c3ccc4ccccc4c3c3cc4ccccc4c(-c4ccc5c6ccccc6n(-c6ccccc6)c5c4)c32)=NC(c2ccccc2)=C2C=CC=CC21. The Labute approximate surface area is 330 Å². The van der Waals surface area contributed by atoms with E-state index in [9.17, 15) is 0 Å². The Morgan fingerprint density at radius 2 is 1.19 bits per heavy atom. The molecule has 12 rings (SSSR count). The van der Waals surface area contributed by atoms with Crippen LogP contribution >= 0.6 is 0 Å². The summed E-state index contributed by atoms with van der Waals surface area (Å²) in [6, 6.07) is 62.2. The second kappa shape index (κ2) is 12.4. The van der Waals surface area contributed by atoms with Gasteiger partial charge in [0.15, 0.2) is 0 Å². The molecule has 0 amide bonds. The van der Waals surface area contributed by atoms with Gasteiger partial charge in [0, 0.05) is 50.2 Å². The number of rotatable bonds is 3. The molecule has 10 aromatic rings. The van der Waals surface area contributed by atoms with Gasteiger partial charge in [0.1, 0.15) is 5.84 Å². The molecule has 0 fully saturated rings. The third-order valence-electron chi connectivity index (χ3n) is 12.4. The van der Waals surface area contributed by atoms with Crippen molar-refractivity contribution in [2.75, 3.05) is 0 Å². The van der Waals surface area contributed by atoms with Crippen molar-refractivity contribution in [1.82, 2.24) is 9.13 Å². The third kappa shape index (κ3) is 4.69. The Bertz CT molecular complexity index is 3410. The summed E-state index contributed by atoms with van der Waals surface area (Å²) < 4.78 is 4.96. The van der Waals surface area contributed by atoms with Crippen LogP contribution in [0.15, 0.2) is 205 Å². The Kier molecular flexibility index (Phi) is 6.97. The molecule has 2 atom stereocenters. The molecule has 2 aliphatic rings. The van der Waals surface area contributed by atoms with Crippen LogP contribution < -0.4 is 0 Å². The van der Waals surface area contributed by atoms with Crippen LogP contribution in [0.2, 0.25) is 0 Å². The summed E-state index contributed by atoms with van der Waals surface area (Å²) in [7, 11) is 0. The third-order valence-corrected chi connectivity index (χ3v) is 12.4. The minimum atomic E-state index is 0.112. The van der Waals surface area contributed by atoms with Gasteiger partial charge in [-0.2, -0.15) is 0 Å². The summed E-state index contributed by atoms with van der Waals surface area (Å²) in [5.74, 6) is 1.36. The van der Waals surface area contributed by atoms with Crippen molar-refractivity contribution in [3.05, 3.63) is 205 Å². The molecule has 2 aromatic heterocycles. The van der Waals surface area contributed by atoms with E-state index < -0.39 is 0 Å². The first-order valence-corrected chi connectivity index (χ1v) is 19.9. The highest BCUT2D eigenvalue weighted by atomic mass is 15.1. The highest BCUT2D eigenvalue weighted by Gasteiger charge is 2.34. The van der Waals surface area contributed by atoms with Crippen molar-refractivity contribution in [2.24, 2.45) is 16.8 Å². The molecule has 0 spiro atoms. The van der Waals surface area contributed by atoms with Crippen molar-refractivity contribution in [2.45, 2.75) is 6.92 Å². The Hall–Kier alpha value is -7.23. The number of hydrogen-bond donors (Lipinski definition) is 0. The predicted molar refractivity (Wildman–Crippen MR) is 241 cm³/mol. The number of benzene rings is 8. The second-order valence-corrected chi connectivity index (χ2v) is 15.5. The maximum atomic E-state index is 5.76. The summed E-state index contributed by atoms with van der Waals surface area (Å²) in [4.78, 5) is 5.76. The largest absolute Gasteiger partial charge is 0.309 e. The molecule has 3 nitrogen and oxygen atoms in total. The number of aliphatic imine (C=N–C) groups is 1. The summed E-state index contributed by atoms with van der Waals surface area (Å²) in [5.41, 5.74) is 11.8. The fraction of sp³-hybridized carbons (Fsp3) is 0.0556. The van der Waals surface area contributed by atoms with Crippen LogP contribution in [0.4, 0.5) is 0 Å². The van der Waals surface area contributed by atoms with Gasteiger partial charge in [-0.1, -0.05) is 165 Å². The maximum absolute atomic E-state index is 5.76. The first kappa shape index (κ1) is 32.1. The lowest BCUT2D eigenvalue weighted by molar-refractivity contribution is 0.603. The van der Waals surface area contributed by atoms with E-state index in [0.717, 1.165) is 22.8 Å². The monoisotopic (exact) mass is 727 g/mol. The smallest absolute Gasteiger partial charge is 0.118 e. The average Bonchev–Trinajstić information content (AvgIpc) is 3.79. The van der Waals surface area contributed by atoms with Crippen LogP contribution in [0.3, 0.4) is 0 Å². The van der Waals surface area contributed by atoms with Crippen molar-refractivity contribution in [3.63, 3.8) is 0 Å². The number of aromatic nitrogens is 2. The Morgan fingerprint density at radius 1 is 0.491 bits per heavy atom. The van der Waals surface area contributed by atoms with Crippen LogP contribution in [-0.4, -0.2) is 15.0 Å². The number of hydrogen-bond acceptors (Lipinski definition) is 1. The summed E-state index contributed by atoms with van der Waals surface area (Å²) >= 11 is 0. The zero-order chi connectivity index (χ0) is 37.6. The fourth-order valence-electron chi connectivity index (χ4n) is 9.87. The summed E-state index contributed by atoms with van der Waals surface area (Å²) in [6.45, 7) is 2.36. The molecule has 0 saturated heterocycles. The lowest BCUT2D eigenvalue weighted by Crippen LogP contribution is -2.31. The highest BCUT2D eigenvalue weighted by molar-refractivity contribution is 6.30. The van der Waals surface area contributed by atoms with Crippen LogP contribution in [0.25, 0.3) is 87.7 Å². The lowest BCUT2D eigenvalue weighted by atomic mass is 9.79. The number of para-hydroxylation sites is 2. The molecule has 3 heterocycles. The van der Waals surface area contributed by atoms with E-state index >= 15 is 0 Å². The molecule has 0 N–H and O–H groups in total. The van der Waals surface area contributed by atoms with Gasteiger partial charge >= 0.3 is 0 Å². The molecular weight excluding hydrogens is 691 g/mol. The molecule has 0 bridgehead atoms. The van der Waals surface area contributed by atoms with Gasteiger partial charge in [-0.05, 0) is 69.1 Å². The molecule has 1 aliphatic heterocycles. The Morgan fingerprint density at radius 3 is 2.04 bits per heavy atom. The molecular formula is C54H37N3. The van der Waals surface area contributed by atoms with Gasteiger partial charge in [-0.3, -0.25) is 4.57 Å². The van der Waals surface area contributed by atoms with Gasteiger partial charge in [-0.25, -0.2) is 4.99 Å². The standard InChI is InChI=1S/C54H37N3/c1-34-40-22-12-13-26-45(40)52(36-17-4-2-5-18-36)55-54(34)57-48-31-29-35-16-8-10-23-41(35)51(48)46-32-37-19-9-11-24-42(37)50(53(46)57)38-28-30-44-43-25-14-15-27-47(43)56(49(44)33-38)39-20-6-3-7-21-39/h2-34,40H,1H3. The molecule has 8 aromatic carbocycles. The van der Waals surface area contributed by atoms with E-state index in [1.165, 1.54) is 81.9 Å². The zero-order valence-corrected chi connectivity index (χ0v) is 31.5. The van der Waals surface area contributed by atoms with Crippen molar-refractivity contribution < 1.29 is 0 Å². The highest BCUT2D eigenvalue weighted by Crippen LogP contribution is 2.47. The maximum Gasteiger partial charge on any atom is 0.118 e. The minimum absolute atomic E-state index is 0.112. The van der Waals surface area contributed by atoms with E-state index in [-0.39, 0.29) is 11.8 Å². The zero-order valence-electron chi connectivity index (χ0n) is 31.5. The minimum Gasteiger partial charge on any atom is -0.309 e. The number of allylic oxidation sites excluding steroid dienone is 5. The fourth-order valence-corrected chi connectivity index (χ4v) is 9.87. The number of nitrogens with zero attached hydrogens (tertiary/aromatic N) is 3. The van der Waals surface area contributed by atoms with Crippen molar-refractivity contribution in [1.29, 1.82) is 0 Å². The average molecular weight is 728 g/mol. The van der Waals surface area contributed by atoms with Crippen LogP contribution in [0.1, 0.15) is 12.5 Å². The van der Waals surface area contributed by atoms with E-state index in [4.69, 9.17) is 4.99 Å². The summed E-state index contributed by atoms with van der Waals surface area (Å²) in [6.07, 6.45) is 9.00. The first-order valence-electron chi connectivity index (χ1n) is 19.9. The predicted octanol–water partition coefficient (Wildman–Crippen LogP) is 13.9. The van der Waals surface area contributed by atoms with Gasteiger partial charge in [0.25, 0.3) is 0 Å². The number of fused-ring (bicyclic) bond motifs is 10. The van der Waals surface area contributed by atoms with Gasteiger partial charge in [-0.15, -0.1) is 0 Å². The first-order chi connectivity index (χ1) is 28.2. The molecule has 268 valence electrons. The topological polar surface area (TPSA) is 22.2 Å². The quantitative estimate of drug-likeness (QED) is 0.173. The molecule has 1 aliphatic carbocycles. The van der Waals surface area contributed by atoms with Crippen LogP contribution in [0, 0.1) is 11.8 Å². The van der Waals surface area contributed by atoms with E-state index in [1.54, 1.807) is 0 Å². The summed E-state index contributed by atoms with van der Waals surface area (Å²) in [5, 5.41) is 9.94. The van der Waals surface area contributed by atoms with Gasteiger partial charge < -0.3 is 4.57 Å². The second-order valence-electron chi connectivity index (χ2n) is 15.5. The van der Waals surface area contributed by atoms with Crippen LogP contribution in [-0.2, 0) is 0 Å². The van der Waals surface area contributed by atoms with Crippen molar-refractivity contribution in [3.8, 4) is 16.8 Å². The van der Waals surface area contributed by atoms with Crippen LogP contribution in [0.5, 0.6) is 0 Å². The van der Waals surface area contributed by atoms with E-state index in [0.29, 0.717) is 0 Å². The van der Waals surface area contributed by atoms with Gasteiger partial charge in [0.05, 0.1) is 27.8 Å². The molecule has 57 heavy (non-hydrogen) atoms. The molecule has 0 radical (unpaired) electrons. The molecule has 2 unspecified atom stereocenters. The lowest BCUT2D eigenvalue weighted by Gasteiger charge is -2.32. The Balaban J connectivity index is 1.26. The van der Waals surface area contributed by atoms with E-state index in [1.807, 2.05) is 0 Å². The van der Waals surface area contributed by atoms with Gasteiger partial charge in [0.2, 0.25) is 0 Å². The van der Waals surface area contributed by atoms with E-state index in [2.05, 4.69) is 210 Å². The van der Waals surface area contributed by atoms with Crippen molar-refractivity contribution >= 4 is 76.7 Å². The molecule has 3 heteroatoms. The normalized spacial score (nSPS) is 16.8. The molecule has 0 saturated carbocycles.